The third kappa shape index (κ3) is 4.27. The fourth-order valence-electron chi connectivity index (χ4n) is 6.32. The minimum atomic E-state index is 0.624. The van der Waals surface area contributed by atoms with Gasteiger partial charge in [0.25, 0.3) is 0 Å². The van der Waals surface area contributed by atoms with Crippen molar-refractivity contribution < 1.29 is 8.83 Å². The normalized spacial score (nSPS) is 11.6. The van der Waals surface area contributed by atoms with Gasteiger partial charge in [-0.25, -0.2) is 4.98 Å². The molecule has 7 aromatic carbocycles. The van der Waals surface area contributed by atoms with Gasteiger partial charge in [0.05, 0.1) is 0 Å². The number of benzene rings is 7. The van der Waals surface area contributed by atoms with E-state index in [1.165, 1.54) is 0 Å². The molecule has 2 heterocycles. The van der Waals surface area contributed by atoms with E-state index in [-0.39, 0.29) is 0 Å². The third-order valence-electron chi connectivity index (χ3n) is 8.49. The van der Waals surface area contributed by atoms with E-state index in [0.717, 1.165) is 77.6 Å². The van der Waals surface area contributed by atoms with Gasteiger partial charge in [-0.1, -0.05) is 97.1 Å². The van der Waals surface area contributed by atoms with Crippen LogP contribution in [0, 0.1) is 0 Å². The largest absolute Gasteiger partial charge is 0.455 e. The number of fused-ring (bicyclic) bond motifs is 6. The zero-order valence-corrected chi connectivity index (χ0v) is 24.2. The van der Waals surface area contributed by atoms with Gasteiger partial charge in [0, 0.05) is 44.3 Å². The molecule has 0 aliphatic heterocycles. The Morgan fingerprint density at radius 3 is 1.98 bits per heavy atom. The number of furan rings is 1. The van der Waals surface area contributed by atoms with Crippen LogP contribution in [0.4, 0.5) is 17.1 Å². The molecule has 4 nitrogen and oxygen atoms in total. The second-order valence-electron chi connectivity index (χ2n) is 11.2. The number of para-hydroxylation sites is 3. The molecule has 0 atom stereocenters. The first-order valence-corrected chi connectivity index (χ1v) is 15.0. The van der Waals surface area contributed by atoms with Crippen molar-refractivity contribution in [1.82, 2.24) is 4.98 Å². The third-order valence-corrected chi connectivity index (χ3v) is 8.49. The molecule has 0 unspecified atom stereocenters. The van der Waals surface area contributed by atoms with Crippen LogP contribution >= 0.6 is 0 Å². The van der Waals surface area contributed by atoms with Gasteiger partial charge < -0.3 is 13.7 Å². The molecule has 9 rings (SSSR count). The van der Waals surface area contributed by atoms with Crippen molar-refractivity contribution in [3.8, 4) is 22.6 Å². The summed E-state index contributed by atoms with van der Waals surface area (Å²) >= 11 is 0. The van der Waals surface area contributed by atoms with Crippen LogP contribution < -0.4 is 4.90 Å². The Bertz CT molecular complexity index is 2480. The van der Waals surface area contributed by atoms with Gasteiger partial charge in [-0.3, -0.25) is 0 Å². The summed E-state index contributed by atoms with van der Waals surface area (Å²) in [5.74, 6) is 0.624. The Kier molecular flexibility index (Phi) is 5.78. The van der Waals surface area contributed by atoms with Gasteiger partial charge in [0.2, 0.25) is 5.89 Å². The number of rotatable bonds is 5. The Balaban J connectivity index is 1.16. The Hall–Kier alpha value is -6.13. The second-order valence-corrected chi connectivity index (χ2v) is 11.2. The van der Waals surface area contributed by atoms with E-state index in [0.29, 0.717) is 5.89 Å². The maximum Gasteiger partial charge on any atom is 0.227 e. The van der Waals surface area contributed by atoms with E-state index in [1.807, 2.05) is 54.6 Å². The molecule has 2 aromatic heterocycles. The predicted molar refractivity (Wildman–Crippen MR) is 184 cm³/mol. The molecule has 0 fully saturated rings. The van der Waals surface area contributed by atoms with Crippen molar-refractivity contribution in [2.75, 3.05) is 4.90 Å². The second kappa shape index (κ2) is 10.2. The quantitative estimate of drug-likeness (QED) is 0.204. The van der Waals surface area contributed by atoms with Crippen LogP contribution in [0.25, 0.3) is 66.4 Å². The van der Waals surface area contributed by atoms with E-state index in [9.17, 15) is 0 Å². The van der Waals surface area contributed by atoms with Gasteiger partial charge in [0.1, 0.15) is 16.7 Å². The average Bonchev–Trinajstić information content (AvgIpc) is 3.72. The first-order valence-electron chi connectivity index (χ1n) is 15.0. The highest BCUT2D eigenvalue weighted by atomic mass is 16.3. The molecule has 0 aliphatic rings. The number of nitrogens with zero attached hydrogens (tertiary/aromatic N) is 2. The number of anilines is 3. The lowest BCUT2D eigenvalue weighted by molar-refractivity contribution is 0.623. The average molecular weight is 579 g/mol. The molecule has 9 aromatic rings. The minimum Gasteiger partial charge on any atom is -0.455 e. The van der Waals surface area contributed by atoms with Gasteiger partial charge in [-0.15, -0.1) is 0 Å². The van der Waals surface area contributed by atoms with Crippen molar-refractivity contribution in [3.05, 3.63) is 158 Å². The van der Waals surface area contributed by atoms with Crippen LogP contribution in [0.2, 0.25) is 0 Å². The molecule has 0 saturated heterocycles. The molecule has 0 radical (unpaired) electrons. The molecule has 0 saturated carbocycles. The van der Waals surface area contributed by atoms with E-state index >= 15 is 0 Å². The van der Waals surface area contributed by atoms with Crippen molar-refractivity contribution in [1.29, 1.82) is 0 Å². The van der Waals surface area contributed by atoms with Crippen LogP contribution in [0.1, 0.15) is 0 Å². The molecule has 0 spiro atoms. The first-order chi connectivity index (χ1) is 22.3. The summed E-state index contributed by atoms with van der Waals surface area (Å²) in [5, 5.41) is 4.38. The van der Waals surface area contributed by atoms with E-state index in [2.05, 4.69) is 108 Å². The van der Waals surface area contributed by atoms with Crippen molar-refractivity contribution >= 4 is 60.9 Å². The monoisotopic (exact) mass is 578 g/mol. The highest BCUT2D eigenvalue weighted by Gasteiger charge is 2.17. The zero-order chi connectivity index (χ0) is 29.7. The van der Waals surface area contributed by atoms with Crippen molar-refractivity contribution in [2.24, 2.45) is 0 Å². The van der Waals surface area contributed by atoms with Crippen LogP contribution in [0.3, 0.4) is 0 Å². The van der Waals surface area contributed by atoms with Crippen LogP contribution in [0.5, 0.6) is 0 Å². The number of hydrogen-bond donors (Lipinski definition) is 0. The first kappa shape index (κ1) is 25.4. The zero-order valence-electron chi connectivity index (χ0n) is 24.2. The minimum absolute atomic E-state index is 0.624. The summed E-state index contributed by atoms with van der Waals surface area (Å²) in [6, 6.07) is 54.4. The molecule has 45 heavy (non-hydrogen) atoms. The standard InChI is InChI=1S/C41H26N2O2/c1-3-10-29(11-4-1)41-42-37-25-21-28-20-24-32(26-36(28)40(37)45-41)43(30-12-5-2-6-13-30)31-22-18-27(19-23-31)33-15-9-16-35-34-14-7-8-17-38(34)44-39(33)35/h1-26H. The molecule has 0 amide bonds. The number of hydrogen-bond acceptors (Lipinski definition) is 4. The lowest BCUT2D eigenvalue weighted by Crippen LogP contribution is -2.09. The molecule has 0 bridgehead atoms. The lowest BCUT2D eigenvalue weighted by Gasteiger charge is -2.26. The Labute approximate surface area is 259 Å². The summed E-state index contributed by atoms with van der Waals surface area (Å²) < 4.78 is 12.7. The van der Waals surface area contributed by atoms with E-state index in [4.69, 9.17) is 13.8 Å². The fourth-order valence-corrected chi connectivity index (χ4v) is 6.32. The fraction of sp³-hybridized carbons (Fsp3) is 0. The van der Waals surface area contributed by atoms with E-state index < -0.39 is 0 Å². The summed E-state index contributed by atoms with van der Waals surface area (Å²) in [5.41, 5.74) is 9.74. The highest BCUT2D eigenvalue weighted by molar-refractivity contribution is 6.09. The van der Waals surface area contributed by atoms with Gasteiger partial charge in [0.15, 0.2) is 5.58 Å². The summed E-state index contributed by atoms with van der Waals surface area (Å²) in [6.07, 6.45) is 0. The number of aromatic nitrogens is 1. The molecular weight excluding hydrogens is 552 g/mol. The lowest BCUT2D eigenvalue weighted by atomic mass is 10.0. The number of oxazole rings is 1. The summed E-state index contributed by atoms with van der Waals surface area (Å²) in [4.78, 5) is 7.09. The van der Waals surface area contributed by atoms with E-state index in [1.54, 1.807) is 0 Å². The predicted octanol–water partition coefficient (Wildman–Crippen LogP) is 11.7. The topological polar surface area (TPSA) is 42.4 Å². The molecule has 212 valence electrons. The van der Waals surface area contributed by atoms with Gasteiger partial charge >= 0.3 is 0 Å². The summed E-state index contributed by atoms with van der Waals surface area (Å²) in [7, 11) is 0. The molecule has 4 heteroatoms. The molecular formula is C41H26N2O2. The van der Waals surface area contributed by atoms with Crippen LogP contribution in [-0.2, 0) is 0 Å². The SMILES string of the molecule is c1ccc(-c2nc3ccc4ccc(N(c5ccccc5)c5ccc(-c6cccc7c6oc6ccccc67)cc5)cc4c3o2)cc1. The van der Waals surface area contributed by atoms with Crippen LogP contribution in [0.15, 0.2) is 167 Å². The van der Waals surface area contributed by atoms with Crippen molar-refractivity contribution in [3.63, 3.8) is 0 Å². The summed E-state index contributed by atoms with van der Waals surface area (Å²) in [6.45, 7) is 0. The van der Waals surface area contributed by atoms with Gasteiger partial charge in [-0.2, -0.15) is 0 Å². The molecule has 0 aliphatic carbocycles. The maximum atomic E-state index is 6.40. The highest BCUT2D eigenvalue weighted by Crippen LogP contribution is 2.40. The van der Waals surface area contributed by atoms with Crippen LogP contribution in [-0.4, -0.2) is 4.98 Å². The Morgan fingerprint density at radius 2 is 1.13 bits per heavy atom. The van der Waals surface area contributed by atoms with Crippen molar-refractivity contribution in [2.45, 2.75) is 0 Å². The molecule has 0 N–H and O–H groups in total. The maximum absolute atomic E-state index is 6.40. The smallest absolute Gasteiger partial charge is 0.227 e. The Morgan fingerprint density at radius 1 is 0.444 bits per heavy atom. The van der Waals surface area contributed by atoms with Gasteiger partial charge in [-0.05, 0) is 71.6 Å².